The molecule has 0 spiro atoms. The first kappa shape index (κ1) is 14.5. The molecular weight excluding hydrogens is 256 g/mol. The third-order valence-electron chi connectivity index (χ3n) is 4.03. The third kappa shape index (κ3) is 3.56. The van der Waals surface area contributed by atoms with Gasteiger partial charge in [0.25, 0.3) is 5.69 Å². The second-order valence-electron chi connectivity index (χ2n) is 5.44. The van der Waals surface area contributed by atoms with Gasteiger partial charge >= 0.3 is 0 Å². The Morgan fingerprint density at radius 1 is 1.40 bits per heavy atom. The molecule has 0 bridgehead atoms. The maximum atomic E-state index is 11.9. The van der Waals surface area contributed by atoms with Crippen molar-refractivity contribution < 1.29 is 9.72 Å². The van der Waals surface area contributed by atoms with Gasteiger partial charge in [0.15, 0.2) is 0 Å². The van der Waals surface area contributed by atoms with Crippen molar-refractivity contribution in [2.45, 2.75) is 45.4 Å². The minimum Gasteiger partial charge on any atom is -0.326 e. The average molecular weight is 276 g/mol. The average Bonchev–Trinajstić information content (AvgIpc) is 2.91. The van der Waals surface area contributed by atoms with E-state index in [-0.39, 0.29) is 11.6 Å². The first-order valence-corrected chi connectivity index (χ1v) is 7.12. The highest BCUT2D eigenvalue weighted by Gasteiger charge is 2.18. The first-order chi connectivity index (χ1) is 9.58. The van der Waals surface area contributed by atoms with E-state index in [0.29, 0.717) is 23.6 Å². The maximum absolute atomic E-state index is 11.9. The molecule has 1 fully saturated rings. The van der Waals surface area contributed by atoms with Crippen LogP contribution in [-0.4, -0.2) is 10.8 Å². The number of amides is 1. The standard InChI is InChI=1S/C15H20N2O3/c1-11-13(7-4-8-14(11)17(19)20)16-15(18)10-9-12-5-2-3-6-12/h4,7-8,12H,2-3,5-6,9-10H2,1H3,(H,16,18). The molecule has 0 unspecified atom stereocenters. The molecule has 2 rings (SSSR count). The summed E-state index contributed by atoms with van der Waals surface area (Å²) in [7, 11) is 0. The molecule has 0 aliphatic heterocycles. The summed E-state index contributed by atoms with van der Waals surface area (Å²) in [5.74, 6) is 0.618. The van der Waals surface area contributed by atoms with E-state index in [9.17, 15) is 14.9 Å². The highest BCUT2D eigenvalue weighted by Crippen LogP contribution is 2.29. The number of benzene rings is 1. The van der Waals surface area contributed by atoms with Gasteiger partial charge in [-0.25, -0.2) is 0 Å². The summed E-state index contributed by atoms with van der Waals surface area (Å²) in [4.78, 5) is 22.3. The van der Waals surface area contributed by atoms with Gasteiger partial charge in [0.1, 0.15) is 0 Å². The van der Waals surface area contributed by atoms with Crippen molar-refractivity contribution in [3.63, 3.8) is 0 Å². The fourth-order valence-electron chi connectivity index (χ4n) is 2.80. The Bertz CT molecular complexity index is 508. The lowest BCUT2D eigenvalue weighted by Crippen LogP contribution is -2.14. The van der Waals surface area contributed by atoms with Gasteiger partial charge in [-0.1, -0.05) is 31.7 Å². The molecular formula is C15H20N2O3. The number of hydrogen-bond acceptors (Lipinski definition) is 3. The van der Waals surface area contributed by atoms with Gasteiger partial charge in [0.2, 0.25) is 5.91 Å². The molecule has 1 aromatic carbocycles. The quantitative estimate of drug-likeness (QED) is 0.656. The number of rotatable bonds is 5. The number of nitro benzene ring substituents is 1. The summed E-state index contributed by atoms with van der Waals surface area (Å²) >= 11 is 0. The first-order valence-electron chi connectivity index (χ1n) is 7.12. The van der Waals surface area contributed by atoms with Crippen LogP contribution >= 0.6 is 0 Å². The van der Waals surface area contributed by atoms with Gasteiger partial charge in [-0.15, -0.1) is 0 Å². The van der Waals surface area contributed by atoms with Crippen LogP contribution in [-0.2, 0) is 4.79 Å². The van der Waals surface area contributed by atoms with Crippen molar-refractivity contribution in [1.82, 2.24) is 0 Å². The van der Waals surface area contributed by atoms with Crippen molar-refractivity contribution in [3.8, 4) is 0 Å². The minimum atomic E-state index is -0.427. The van der Waals surface area contributed by atoms with Crippen LogP contribution < -0.4 is 5.32 Å². The van der Waals surface area contributed by atoms with Gasteiger partial charge < -0.3 is 5.32 Å². The van der Waals surface area contributed by atoms with Crippen molar-refractivity contribution in [3.05, 3.63) is 33.9 Å². The number of nitro groups is 1. The molecule has 5 nitrogen and oxygen atoms in total. The maximum Gasteiger partial charge on any atom is 0.274 e. The summed E-state index contributed by atoms with van der Waals surface area (Å²) in [6.45, 7) is 1.66. The fraction of sp³-hybridized carbons (Fsp3) is 0.533. The molecule has 0 heterocycles. The van der Waals surface area contributed by atoms with Gasteiger partial charge in [-0.3, -0.25) is 14.9 Å². The zero-order valence-electron chi connectivity index (χ0n) is 11.7. The molecule has 5 heteroatoms. The highest BCUT2D eigenvalue weighted by molar-refractivity contribution is 5.92. The zero-order valence-corrected chi connectivity index (χ0v) is 11.7. The predicted molar refractivity (Wildman–Crippen MR) is 77.7 cm³/mol. The van der Waals surface area contributed by atoms with E-state index < -0.39 is 4.92 Å². The number of carbonyl (C=O) groups excluding carboxylic acids is 1. The monoisotopic (exact) mass is 276 g/mol. The third-order valence-corrected chi connectivity index (χ3v) is 4.03. The Morgan fingerprint density at radius 3 is 2.75 bits per heavy atom. The van der Waals surface area contributed by atoms with Gasteiger partial charge in [-0.2, -0.15) is 0 Å². The summed E-state index contributed by atoms with van der Waals surface area (Å²) in [5, 5.41) is 13.6. The van der Waals surface area contributed by atoms with E-state index in [0.717, 1.165) is 6.42 Å². The molecule has 1 aliphatic carbocycles. The summed E-state index contributed by atoms with van der Waals surface area (Å²) in [6, 6.07) is 4.75. The van der Waals surface area contributed by atoms with Crippen molar-refractivity contribution in [2.75, 3.05) is 5.32 Å². The SMILES string of the molecule is Cc1c(NC(=O)CCC2CCCC2)cccc1[N+](=O)[O-]. The molecule has 108 valence electrons. The smallest absolute Gasteiger partial charge is 0.274 e. The Kier molecular flexibility index (Phi) is 4.71. The van der Waals surface area contributed by atoms with E-state index in [1.54, 1.807) is 19.1 Å². The Hall–Kier alpha value is -1.91. The van der Waals surface area contributed by atoms with E-state index in [4.69, 9.17) is 0 Å². The Balaban J connectivity index is 1.93. The number of carbonyl (C=O) groups is 1. The number of nitrogens with one attached hydrogen (secondary N) is 1. The van der Waals surface area contributed by atoms with E-state index >= 15 is 0 Å². The molecule has 0 radical (unpaired) electrons. The van der Waals surface area contributed by atoms with E-state index in [1.165, 1.54) is 31.7 Å². The number of hydrogen-bond donors (Lipinski definition) is 1. The molecule has 0 atom stereocenters. The normalized spacial score (nSPS) is 15.2. The fourth-order valence-corrected chi connectivity index (χ4v) is 2.80. The van der Waals surface area contributed by atoms with Crippen LogP contribution in [0.4, 0.5) is 11.4 Å². The predicted octanol–water partition coefficient (Wildman–Crippen LogP) is 3.81. The van der Waals surface area contributed by atoms with Crippen LogP contribution in [0.25, 0.3) is 0 Å². The molecule has 1 aliphatic rings. The lowest BCUT2D eigenvalue weighted by atomic mass is 10.0. The van der Waals surface area contributed by atoms with E-state index in [2.05, 4.69) is 5.32 Å². The number of nitrogens with zero attached hydrogens (tertiary/aromatic N) is 1. The van der Waals surface area contributed by atoms with Crippen molar-refractivity contribution >= 4 is 17.3 Å². The van der Waals surface area contributed by atoms with Crippen LogP contribution in [0.2, 0.25) is 0 Å². The molecule has 0 aromatic heterocycles. The molecule has 1 saturated carbocycles. The van der Waals surface area contributed by atoms with Crippen molar-refractivity contribution in [2.24, 2.45) is 5.92 Å². The van der Waals surface area contributed by atoms with Gasteiger partial charge in [0, 0.05) is 12.5 Å². The largest absolute Gasteiger partial charge is 0.326 e. The van der Waals surface area contributed by atoms with Crippen LogP contribution in [0, 0.1) is 23.0 Å². The van der Waals surface area contributed by atoms with Crippen LogP contribution in [0.1, 0.15) is 44.1 Å². The van der Waals surface area contributed by atoms with Crippen LogP contribution in [0.15, 0.2) is 18.2 Å². The van der Waals surface area contributed by atoms with Gasteiger partial charge in [-0.05, 0) is 25.3 Å². The lowest BCUT2D eigenvalue weighted by molar-refractivity contribution is -0.385. The van der Waals surface area contributed by atoms with E-state index in [1.807, 2.05) is 0 Å². The molecule has 1 N–H and O–H groups in total. The van der Waals surface area contributed by atoms with Crippen LogP contribution in [0.3, 0.4) is 0 Å². The summed E-state index contributed by atoms with van der Waals surface area (Å²) in [5.41, 5.74) is 1.08. The molecule has 20 heavy (non-hydrogen) atoms. The summed E-state index contributed by atoms with van der Waals surface area (Å²) in [6.07, 6.45) is 6.41. The highest BCUT2D eigenvalue weighted by atomic mass is 16.6. The molecule has 1 amide bonds. The second-order valence-corrected chi connectivity index (χ2v) is 5.44. The molecule has 0 saturated heterocycles. The van der Waals surface area contributed by atoms with Gasteiger partial charge in [0.05, 0.1) is 16.2 Å². The lowest BCUT2D eigenvalue weighted by Gasteiger charge is -2.10. The summed E-state index contributed by atoms with van der Waals surface area (Å²) < 4.78 is 0. The van der Waals surface area contributed by atoms with Crippen molar-refractivity contribution in [1.29, 1.82) is 0 Å². The Labute approximate surface area is 118 Å². The topological polar surface area (TPSA) is 72.2 Å². The zero-order chi connectivity index (χ0) is 14.5. The minimum absolute atomic E-state index is 0.0404. The van der Waals surface area contributed by atoms with Crippen LogP contribution in [0.5, 0.6) is 0 Å². The Morgan fingerprint density at radius 2 is 2.10 bits per heavy atom. The molecule has 1 aromatic rings. The number of anilines is 1. The second kappa shape index (κ2) is 6.50.